The molecule has 0 aromatic heterocycles. The minimum atomic E-state index is -3.67. The molecule has 0 amide bonds. The molecule has 5 nitrogen and oxygen atoms in total. The van der Waals surface area contributed by atoms with E-state index >= 15 is 0 Å². The van der Waals surface area contributed by atoms with E-state index in [1.54, 1.807) is 12.1 Å². The fourth-order valence-electron chi connectivity index (χ4n) is 1.57. The smallest absolute Gasteiger partial charge is 0.261 e. The molecule has 2 aromatic rings. The maximum absolute atomic E-state index is 11.3. The molecule has 110 valence electrons. The predicted octanol–water partition coefficient (Wildman–Crippen LogP) is 2.06. The lowest BCUT2D eigenvalue weighted by molar-refractivity contribution is 0.490. The van der Waals surface area contributed by atoms with E-state index in [2.05, 4.69) is 0 Å². The van der Waals surface area contributed by atoms with Crippen LogP contribution < -0.4 is 0 Å². The maximum Gasteiger partial charge on any atom is 0.261 e. The van der Waals surface area contributed by atoms with Crippen molar-refractivity contribution in [3.05, 3.63) is 42.0 Å². The molecule has 0 aliphatic heterocycles. The standard InChI is InChI=1S/C12H12O2S.CH4O3S/c1-9-3-4-11-8-12(15(2,13)14)6-5-10(11)7-9;1-5(2,3)4/h3-8H,1-2H3;1H3,(H,2,3,4). The van der Waals surface area contributed by atoms with Gasteiger partial charge < -0.3 is 0 Å². The van der Waals surface area contributed by atoms with E-state index in [0.717, 1.165) is 10.8 Å². The third kappa shape index (κ3) is 5.68. The zero-order chi connectivity index (χ0) is 15.6. The molecule has 0 fully saturated rings. The Labute approximate surface area is 118 Å². The lowest BCUT2D eigenvalue weighted by atomic mass is 10.1. The molecule has 0 unspecified atom stereocenters. The summed E-state index contributed by atoms with van der Waals surface area (Å²) < 4.78 is 48.6. The summed E-state index contributed by atoms with van der Waals surface area (Å²) in [6.07, 6.45) is 1.94. The zero-order valence-electron chi connectivity index (χ0n) is 11.4. The highest BCUT2D eigenvalue weighted by atomic mass is 32.2. The van der Waals surface area contributed by atoms with Gasteiger partial charge in [-0.25, -0.2) is 8.42 Å². The summed E-state index contributed by atoms with van der Waals surface area (Å²) in [5.74, 6) is 0. The van der Waals surface area contributed by atoms with Gasteiger partial charge in [-0.15, -0.1) is 0 Å². The molecule has 1 N–H and O–H groups in total. The average Bonchev–Trinajstić information content (AvgIpc) is 2.24. The first-order valence-electron chi connectivity index (χ1n) is 5.60. The molecule has 0 heterocycles. The molecule has 2 aromatic carbocycles. The SMILES string of the molecule is CS(=O)(=O)O.Cc1ccc2cc(S(C)(=O)=O)ccc2c1. The van der Waals surface area contributed by atoms with Crippen LogP contribution in [0.5, 0.6) is 0 Å². The van der Waals surface area contributed by atoms with Gasteiger partial charge in [0.2, 0.25) is 0 Å². The van der Waals surface area contributed by atoms with Crippen LogP contribution in [0.25, 0.3) is 10.8 Å². The second-order valence-corrected chi connectivity index (χ2v) is 8.00. The van der Waals surface area contributed by atoms with Crippen LogP contribution in [-0.4, -0.2) is 33.9 Å². The van der Waals surface area contributed by atoms with Crippen LogP contribution in [0.4, 0.5) is 0 Å². The van der Waals surface area contributed by atoms with Gasteiger partial charge >= 0.3 is 0 Å². The zero-order valence-corrected chi connectivity index (χ0v) is 13.0. The first-order valence-corrected chi connectivity index (χ1v) is 9.34. The largest absolute Gasteiger partial charge is 0.286 e. The molecule has 0 atom stereocenters. The fraction of sp³-hybridized carbons (Fsp3) is 0.231. The van der Waals surface area contributed by atoms with E-state index < -0.39 is 20.0 Å². The maximum atomic E-state index is 11.3. The van der Waals surface area contributed by atoms with Gasteiger partial charge in [0.05, 0.1) is 11.2 Å². The van der Waals surface area contributed by atoms with Crippen molar-refractivity contribution in [2.75, 3.05) is 12.5 Å². The van der Waals surface area contributed by atoms with E-state index in [4.69, 9.17) is 4.55 Å². The van der Waals surface area contributed by atoms with Crippen molar-refractivity contribution >= 4 is 30.7 Å². The predicted molar refractivity (Wildman–Crippen MR) is 79.3 cm³/mol. The summed E-state index contributed by atoms with van der Waals surface area (Å²) in [6.45, 7) is 2.02. The molecule has 2 rings (SSSR count). The molecule has 0 saturated carbocycles. The molecule has 0 saturated heterocycles. The summed E-state index contributed by atoms with van der Waals surface area (Å²) in [6, 6.07) is 11.2. The Kier molecular flexibility index (Phi) is 4.90. The van der Waals surface area contributed by atoms with Gasteiger partial charge in [0.1, 0.15) is 0 Å². The van der Waals surface area contributed by atoms with E-state index in [9.17, 15) is 16.8 Å². The van der Waals surface area contributed by atoms with Crippen LogP contribution in [0.3, 0.4) is 0 Å². The molecule has 7 heteroatoms. The van der Waals surface area contributed by atoms with Gasteiger partial charge in [-0.3, -0.25) is 4.55 Å². The van der Waals surface area contributed by atoms with E-state index in [-0.39, 0.29) is 0 Å². The van der Waals surface area contributed by atoms with Crippen molar-refractivity contribution in [3.8, 4) is 0 Å². The van der Waals surface area contributed by atoms with Crippen LogP contribution in [-0.2, 0) is 20.0 Å². The van der Waals surface area contributed by atoms with Gasteiger partial charge in [-0.1, -0.05) is 29.8 Å². The number of benzene rings is 2. The lowest BCUT2D eigenvalue weighted by Gasteiger charge is -2.02. The molecule has 0 bridgehead atoms. The second kappa shape index (κ2) is 5.90. The van der Waals surface area contributed by atoms with Gasteiger partial charge in [0.15, 0.2) is 9.84 Å². The normalized spacial score (nSPS) is 11.8. The summed E-state index contributed by atoms with van der Waals surface area (Å²) in [5.41, 5.74) is 1.18. The topological polar surface area (TPSA) is 88.5 Å². The van der Waals surface area contributed by atoms with Gasteiger partial charge in [-0.2, -0.15) is 8.42 Å². The number of rotatable bonds is 1. The third-order valence-electron chi connectivity index (χ3n) is 2.40. The number of hydrogen-bond donors (Lipinski definition) is 1. The number of aryl methyl sites for hydroxylation is 1. The first-order chi connectivity index (χ1) is 8.97. The molecule has 0 radical (unpaired) electrons. The van der Waals surface area contributed by atoms with Crippen LogP contribution in [0.2, 0.25) is 0 Å². The van der Waals surface area contributed by atoms with Gasteiger partial charge in [-0.05, 0) is 29.8 Å². The van der Waals surface area contributed by atoms with E-state index in [0.29, 0.717) is 11.2 Å². The number of sulfone groups is 1. The number of hydrogen-bond acceptors (Lipinski definition) is 4. The molecular weight excluding hydrogens is 300 g/mol. The third-order valence-corrected chi connectivity index (χ3v) is 3.51. The Bertz CT molecular complexity index is 813. The number of fused-ring (bicyclic) bond motifs is 1. The summed E-state index contributed by atoms with van der Waals surface area (Å²) in [4.78, 5) is 0.374. The highest BCUT2D eigenvalue weighted by Gasteiger charge is 2.06. The molecule has 0 aliphatic rings. The van der Waals surface area contributed by atoms with Crippen molar-refractivity contribution in [1.82, 2.24) is 0 Å². The van der Waals surface area contributed by atoms with E-state index in [1.807, 2.05) is 31.2 Å². The minimum absolute atomic E-state index is 0.374. The van der Waals surface area contributed by atoms with E-state index in [1.165, 1.54) is 11.8 Å². The van der Waals surface area contributed by atoms with Crippen molar-refractivity contribution in [3.63, 3.8) is 0 Å². The second-order valence-electron chi connectivity index (χ2n) is 4.52. The van der Waals surface area contributed by atoms with Crippen LogP contribution >= 0.6 is 0 Å². The minimum Gasteiger partial charge on any atom is -0.286 e. The van der Waals surface area contributed by atoms with Gasteiger partial charge in [0.25, 0.3) is 10.1 Å². The molecule has 0 aliphatic carbocycles. The quantitative estimate of drug-likeness (QED) is 0.813. The Balaban J connectivity index is 0.000000347. The fourth-order valence-corrected chi connectivity index (χ4v) is 2.23. The Hall–Kier alpha value is -1.44. The summed E-state index contributed by atoms with van der Waals surface area (Å²) >= 11 is 0. The average molecular weight is 316 g/mol. The van der Waals surface area contributed by atoms with Crippen molar-refractivity contribution in [2.24, 2.45) is 0 Å². The monoisotopic (exact) mass is 316 g/mol. The molecule has 20 heavy (non-hydrogen) atoms. The van der Waals surface area contributed by atoms with Crippen LogP contribution in [0.1, 0.15) is 5.56 Å². The molecule has 0 spiro atoms. The first kappa shape index (κ1) is 16.6. The summed E-state index contributed by atoms with van der Waals surface area (Å²) in [5, 5.41) is 2.03. The van der Waals surface area contributed by atoms with Crippen LogP contribution in [0, 0.1) is 6.92 Å². The molecular formula is C13H16O5S2. The van der Waals surface area contributed by atoms with Crippen molar-refractivity contribution < 1.29 is 21.4 Å². The lowest BCUT2D eigenvalue weighted by Crippen LogP contribution is -1.96. The van der Waals surface area contributed by atoms with Crippen molar-refractivity contribution in [2.45, 2.75) is 11.8 Å². The Morgan fingerprint density at radius 1 is 0.850 bits per heavy atom. The van der Waals surface area contributed by atoms with Gasteiger partial charge in [0, 0.05) is 6.26 Å². The summed E-state index contributed by atoms with van der Waals surface area (Å²) in [7, 11) is -6.77. The highest BCUT2D eigenvalue weighted by Crippen LogP contribution is 2.20. The Morgan fingerprint density at radius 3 is 1.80 bits per heavy atom. The Morgan fingerprint density at radius 2 is 1.30 bits per heavy atom. The highest BCUT2D eigenvalue weighted by molar-refractivity contribution is 7.90. The van der Waals surface area contributed by atoms with Crippen molar-refractivity contribution in [1.29, 1.82) is 0 Å². The van der Waals surface area contributed by atoms with Crippen LogP contribution in [0.15, 0.2) is 41.3 Å².